The van der Waals surface area contributed by atoms with Crippen molar-refractivity contribution in [3.8, 4) is 17.2 Å². The van der Waals surface area contributed by atoms with Crippen LogP contribution in [-0.4, -0.2) is 31.5 Å². The van der Waals surface area contributed by atoms with Crippen molar-refractivity contribution in [2.75, 3.05) is 25.1 Å². The molecule has 1 unspecified atom stereocenters. The Balaban J connectivity index is 1.73. The van der Waals surface area contributed by atoms with Crippen molar-refractivity contribution >= 4 is 17.4 Å². The van der Waals surface area contributed by atoms with Gasteiger partial charge in [-0.15, -0.1) is 0 Å². The molecule has 0 heterocycles. The van der Waals surface area contributed by atoms with Gasteiger partial charge in [0.05, 0.1) is 24.5 Å². The van der Waals surface area contributed by atoms with E-state index in [0.717, 1.165) is 11.1 Å². The number of fused-ring (bicyclic) bond motifs is 1. The monoisotopic (exact) mass is 397 g/mol. The molecule has 29 heavy (non-hydrogen) atoms. The highest BCUT2D eigenvalue weighted by Gasteiger charge is 2.31. The van der Waals surface area contributed by atoms with Gasteiger partial charge < -0.3 is 19.5 Å². The predicted octanol–water partition coefficient (Wildman–Crippen LogP) is 4.50. The van der Waals surface area contributed by atoms with Gasteiger partial charge in [-0.3, -0.25) is 9.59 Å². The second kappa shape index (κ2) is 8.99. The van der Waals surface area contributed by atoms with Gasteiger partial charge in [-0.1, -0.05) is 13.0 Å². The lowest BCUT2D eigenvalue weighted by molar-refractivity contribution is -0.118. The van der Waals surface area contributed by atoms with Gasteiger partial charge in [0.25, 0.3) is 5.91 Å². The second-order valence-corrected chi connectivity index (χ2v) is 7.06. The molecular weight excluding hydrogens is 370 g/mol. The summed E-state index contributed by atoms with van der Waals surface area (Å²) in [6, 6.07) is 8.97. The summed E-state index contributed by atoms with van der Waals surface area (Å²) in [5, 5.41) is 2.81. The van der Waals surface area contributed by atoms with Crippen molar-refractivity contribution in [1.82, 2.24) is 0 Å². The Morgan fingerprint density at radius 3 is 2.52 bits per heavy atom. The van der Waals surface area contributed by atoms with Crippen molar-refractivity contribution < 1.29 is 23.8 Å². The molecule has 0 fully saturated rings. The zero-order chi connectivity index (χ0) is 21.0. The highest BCUT2D eigenvalue weighted by Crippen LogP contribution is 2.40. The van der Waals surface area contributed by atoms with E-state index >= 15 is 0 Å². The summed E-state index contributed by atoms with van der Waals surface area (Å²) in [5.41, 5.74) is 3.23. The van der Waals surface area contributed by atoms with Crippen LogP contribution in [0.2, 0.25) is 0 Å². The average molecular weight is 397 g/mol. The topological polar surface area (TPSA) is 73.9 Å². The number of Topliss-reactive ketones (excluding diaryl/α,β-unsaturated/α-hetero) is 1. The zero-order valence-corrected chi connectivity index (χ0v) is 17.3. The lowest BCUT2D eigenvalue weighted by Gasteiger charge is -2.15. The van der Waals surface area contributed by atoms with Gasteiger partial charge in [-0.05, 0) is 56.0 Å². The number of rotatable bonds is 8. The Labute approximate surface area is 171 Å². The largest absolute Gasteiger partial charge is 0.494 e. The molecule has 6 heteroatoms. The van der Waals surface area contributed by atoms with E-state index in [0.29, 0.717) is 48.1 Å². The van der Waals surface area contributed by atoms with Gasteiger partial charge in [-0.25, -0.2) is 0 Å². The number of carbonyl (C=O) groups is 2. The number of ketones is 1. The normalized spacial score (nSPS) is 15.0. The predicted molar refractivity (Wildman–Crippen MR) is 111 cm³/mol. The minimum Gasteiger partial charge on any atom is -0.494 e. The summed E-state index contributed by atoms with van der Waals surface area (Å²) in [5.74, 6) is 1.56. The van der Waals surface area contributed by atoms with Crippen LogP contribution in [0, 0.1) is 6.92 Å². The molecule has 0 aromatic heterocycles. The first-order chi connectivity index (χ1) is 13.9. The fourth-order valence-corrected chi connectivity index (χ4v) is 3.70. The molecule has 0 spiro atoms. The van der Waals surface area contributed by atoms with Gasteiger partial charge in [-0.2, -0.15) is 0 Å². The molecule has 2 aromatic rings. The van der Waals surface area contributed by atoms with E-state index < -0.39 is 0 Å². The molecule has 0 radical (unpaired) electrons. The Bertz CT molecular complexity index is 922. The van der Waals surface area contributed by atoms with Gasteiger partial charge >= 0.3 is 0 Å². The molecule has 1 aliphatic rings. The molecule has 1 aliphatic carbocycles. The number of aryl methyl sites for hydroxylation is 1. The minimum atomic E-state index is -0.340. The van der Waals surface area contributed by atoms with Gasteiger partial charge in [0.2, 0.25) is 0 Å². The van der Waals surface area contributed by atoms with E-state index in [9.17, 15) is 9.59 Å². The number of hydrogen-bond donors (Lipinski definition) is 1. The molecule has 0 bridgehead atoms. The van der Waals surface area contributed by atoms with E-state index in [2.05, 4.69) is 5.32 Å². The smallest absolute Gasteiger partial charge is 0.262 e. The van der Waals surface area contributed by atoms with Crippen molar-refractivity contribution in [2.45, 2.75) is 40.0 Å². The first kappa shape index (κ1) is 20.7. The SMILES string of the molecule is CCOc1ccc(OCC)c(NC(=O)COc2ccc(C)c3c2C(=O)CC3C)c1. The zero-order valence-electron chi connectivity index (χ0n) is 17.3. The first-order valence-corrected chi connectivity index (χ1v) is 9.93. The van der Waals surface area contributed by atoms with E-state index in [1.165, 1.54) is 0 Å². The van der Waals surface area contributed by atoms with Gasteiger partial charge in [0, 0.05) is 12.5 Å². The summed E-state index contributed by atoms with van der Waals surface area (Å²) in [6.45, 7) is 8.59. The first-order valence-electron chi connectivity index (χ1n) is 9.93. The number of ether oxygens (including phenoxy) is 3. The van der Waals surface area contributed by atoms with E-state index in [4.69, 9.17) is 14.2 Å². The summed E-state index contributed by atoms with van der Waals surface area (Å²) >= 11 is 0. The number of hydrogen-bond acceptors (Lipinski definition) is 5. The highest BCUT2D eigenvalue weighted by molar-refractivity contribution is 6.04. The Morgan fingerprint density at radius 2 is 1.79 bits per heavy atom. The number of benzene rings is 2. The summed E-state index contributed by atoms with van der Waals surface area (Å²) in [6.07, 6.45) is 0.477. The summed E-state index contributed by atoms with van der Waals surface area (Å²) < 4.78 is 16.8. The summed E-state index contributed by atoms with van der Waals surface area (Å²) in [7, 11) is 0. The highest BCUT2D eigenvalue weighted by atomic mass is 16.5. The summed E-state index contributed by atoms with van der Waals surface area (Å²) in [4.78, 5) is 24.9. The maximum atomic E-state index is 12.5. The molecule has 0 saturated heterocycles. The second-order valence-electron chi connectivity index (χ2n) is 7.06. The third kappa shape index (κ3) is 4.53. The maximum absolute atomic E-state index is 12.5. The van der Waals surface area contributed by atoms with Crippen LogP contribution in [0.25, 0.3) is 0 Å². The number of nitrogens with one attached hydrogen (secondary N) is 1. The lowest BCUT2D eigenvalue weighted by Crippen LogP contribution is -2.21. The molecular formula is C23H27NO5. The van der Waals surface area contributed by atoms with Crippen LogP contribution in [0.1, 0.15) is 54.6 Å². The fourth-order valence-electron chi connectivity index (χ4n) is 3.70. The van der Waals surface area contributed by atoms with Crippen molar-refractivity contribution in [2.24, 2.45) is 0 Å². The van der Waals surface area contributed by atoms with Crippen LogP contribution in [-0.2, 0) is 4.79 Å². The molecule has 1 N–H and O–H groups in total. The van der Waals surface area contributed by atoms with Crippen molar-refractivity contribution in [1.29, 1.82) is 0 Å². The minimum absolute atomic E-state index is 0.0645. The van der Waals surface area contributed by atoms with E-state index in [-0.39, 0.29) is 24.2 Å². The van der Waals surface area contributed by atoms with Crippen LogP contribution in [0.15, 0.2) is 30.3 Å². The molecule has 1 atom stereocenters. The Hall–Kier alpha value is -3.02. The van der Waals surface area contributed by atoms with Crippen LogP contribution in [0.4, 0.5) is 5.69 Å². The number of carbonyl (C=O) groups excluding carboxylic acids is 2. The number of anilines is 1. The standard InChI is InChI=1S/C23H27NO5/c1-5-27-16-8-10-19(28-6-2)17(12-16)24-21(26)13-29-20-9-7-14(3)22-15(4)11-18(25)23(20)22/h7-10,12,15H,5-6,11,13H2,1-4H3,(H,24,26). The Morgan fingerprint density at radius 1 is 1.07 bits per heavy atom. The van der Waals surface area contributed by atoms with Crippen molar-refractivity contribution in [3.05, 3.63) is 47.0 Å². The van der Waals surface area contributed by atoms with Crippen LogP contribution >= 0.6 is 0 Å². The number of amides is 1. The molecule has 1 amide bonds. The third-order valence-corrected chi connectivity index (χ3v) is 4.88. The lowest BCUT2D eigenvalue weighted by atomic mass is 9.97. The van der Waals surface area contributed by atoms with Crippen LogP contribution in [0.5, 0.6) is 17.2 Å². The third-order valence-electron chi connectivity index (χ3n) is 4.88. The van der Waals surface area contributed by atoms with E-state index in [1.54, 1.807) is 24.3 Å². The Kier molecular flexibility index (Phi) is 6.42. The van der Waals surface area contributed by atoms with Crippen molar-refractivity contribution in [3.63, 3.8) is 0 Å². The fraction of sp³-hybridized carbons (Fsp3) is 0.391. The molecule has 3 rings (SSSR count). The average Bonchev–Trinajstić information content (AvgIpc) is 2.99. The molecule has 6 nitrogen and oxygen atoms in total. The molecule has 0 saturated carbocycles. The van der Waals surface area contributed by atoms with Crippen LogP contribution < -0.4 is 19.5 Å². The molecule has 0 aliphatic heterocycles. The molecule has 2 aromatic carbocycles. The van der Waals surface area contributed by atoms with E-state index in [1.807, 2.05) is 33.8 Å². The van der Waals surface area contributed by atoms with Crippen LogP contribution in [0.3, 0.4) is 0 Å². The van der Waals surface area contributed by atoms with Gasteiger partial charge in [0.1, 0.15) is 17.2 Å². The maximum Gasteiger partial charge on any atom is 0.262 e. The quantitative estimate of drug-likeness (QED) is 0.710. The molecule has 154 valence electrons. The van der Waals surface area contributed by atoms with Gasteiger partial charge in [0.15, 0.2) is 12.4 Å².